The summed E-state index contributed by atoms with van der Waals surface area (Å²) in [4.78, 5) is 4.39. The van der Waals surface area contributed by atoms with Crippen LogP contribution in [0.15, 0.2) is 16.5 Å². The second-order valence-electron chi connectivity index (χ2n) is 3.88. The number of nitrogens with zero attached hydrogens (tertiary/aromatic N) is 1. The van der Waals surface area contributed by atoms with E-state index in [4.69, 9.17) is 13.9 Å². The van der Waals surface area contributed by atoms with E-state index in [1.165, 1.54) is 0 Å². The maximum Gasteiger partial charge on any atom is 0.231 e. The van der Waals surface area contributed by atoms with Crippen molar-refractivity contribution in [2.45, 2.75) is 19.8 Å². The van der Waals surface area contributed by atoms with Gasteiger partial charge in [-0.05, 0) is 0 Å². The van der Waals surface area contributed by atoms with Crippen LogP contribution in [-0.2, 0) is 0 Å². The fourth-order valence-electron chi connectivity index (χ4n) is 1.58. The maximum atomic E-state index is 5.61. The first kappa shape index (κ1) is 8.59. The van der Waals surface area contributed by atoms with E-state index < -0.39 is 0 Å². The molecular formula is C11H11NO3. The zero-order chi connectivity index (χ0) is 10.4. The van der Waals surface area contributed by atoms with E-state index in [2.05, 4.69) is 4.98 Å². The lowest BCUT2D eigenvalue weighted by molar-refractivity contribution is 0.174. The van der Waals surface area contributed by atoms with Gasteiger partial charge in [-0.3, -0.25) is 0 Å². The molecular weight excluding hydrogens is 194 g/mol. The molecule has 78 valence electrons. The predicted molar refractivity (Wildman–Crippen MR) is 54.2 cm³/mol. The summed E-state index contributed by atoms with van der Waals surface area (Å²) in [7, 11) is 0. The first-order valence-electron chi connectivity index (χ1n) is 4.94. The lowest BCUT2D eigenvalue weighted by Gasteiger charge is -1.94. The molecule has 0 atom stereocenters. The molecule has 4 nitrogen and oxygen atoms in total. The molecule has 0 saturated carbocycles. The highest BCUT2D eigenvalue weighted by Crippen LogP contribution is 2.36. The van der Waals surface area contributed by atoms with Gasteiger partial charge in [0, 0.05) is 18.1 Å². The van der Waals surface area contributed by atoms with Crippen molar-refractivity contribution in [3.63, 3.8) is 0 Å². The number of hydrogen-bond acceptors (Lipinski definition) is 4. The lowest BCUT2D eigenvalue weighted by atomic mass is 10.2. The number of oxazole rings is 1. The van der Waals surface area contributed by atoms with Crippen LogP contribution in [0.2, 0.25) is 0 Å². The topological polar surface area (TPSA) is 44.5 Å². The number of hydrogen-bond donors (Lipinski definition) is 0. The van der Waals surface area contributed by atoms with Crippen LogP contribution in [-0.4, -0.2) is 11.8 Å². The zero-order valence-corrected chi connectivity index (χ0v) is 8.61. The van der Waals surface area contributed by atoms with E-state index in [1.54, 1.807) is 0 Å². The Morgan fingerprint density at radius 1 is 1.20 bits per heavy atom. The second kappa shape index (κ2) is 2.89. The number of aromatic nitrogens is 1. The van der Waals surface area contributed by atoms with Crippen molar-refractivity contribution >= 4 is 11.1 Å². The van der Waals surface area contributed by atoms with Crippen molar-refractivity contribution < 1.29 is 13.9 Å². The molecule has 0 N–H and O–H groups in total. The van der Waals surface area contributed by atoms with Gasteiger partial charge < -0.3 is 13.9 Å². The number of benzene rings is 1. The highest BCUT2D eigenvalue weighted by Gasteiger charge is 2.18. The molecule has 1 aliphatic rings. The molecule has 0 aliphatic carbocycles. The standard InChI is InChI=1S/C11H11NO3/c1-6(2)11-12-7-3-9-10(14-5-13-9)4-8(7)15-11/h3-4,6H,5H2,1-2H3. The minimum Gasteiger partial charge on any atom is -0.454 e. The normalized spacial score (nSPS) is 14.1. The molecule has 0 amide bonds. The van der Waals surface area contributed by atoms with Crippen molar-refractivity contribution in [3.8, 4) is 11.5 Å². The quantitative estimate of drug-likeness (QED) is 0.718. The lowest BCUT2D eigenvalue weighted by Crippen LogP contribution is -1.92. The molecule has 2 aromatic rings. The van der Waals surface area contributed by atoms with Crippen molar-refractivity contribution in [3.05, 3.63) is 18.0 Å². The van der Waals surface area contributed by atoms with Crippen molar-refractivity contribution in [2.24, 2.45) is 0 Å². The van der Waals surface area contributed by atoms with Gasteiger partial charge in [-0.1, -0.05) is 13.8 Å². The van der Waals surface area contributed by atoms with E-state index in [0.29, 0.717) is 0 Å². The van der Waals surface area contributed by atoms with E-state index in [0.717, 1.165) is 28.5 Å². The van der Waals surface area contributed by atoms with Crippen LogP contribution in [0.5, 0.6) is 11.5 Å². The Labute approximate surface area is 86.8 Å². The molecule has 3 rings (SSSR count). The molecule has 15 heavy (non-hydrogen) atoms. The Balaban J connectivity index is 2.20. The molecule has 0 saturated heterocycles. The van der Waals surface area contributed by atoms with Gasteiger partial charge in [-0.25, -0.2) is 4.98 Å². The third-order valence-corrected chi connectivity index (χ3v) is 2.39. The molecule has 4 heteroatoms. The number of fused-ring (bicyclic) bond motifs is 2. The molecule has 0 unspecified atom stereocenters. The zero-order valence-electron chi connectivity index (χ0n) is 8.61. The molecule has 0 spiro atoms. The van der Waals surface area contributed by atoms with Gasteiger partial charge >= 0.3 is 0 Å². The third kappa shape index (κ3) is 1.25. The van der Waals surface area contributed by atoms with E-state index in [1.807, 2.05) is 26.0 Å². The fourth-order valence-corrected chi connectivity index (χ4v) is 1.58. The molecule has 2 heterocycles. The summed E-state index contributed by atoms with van der Waals surface area (Å²) in [5.74, 6) is 2.50. The maximum absolute atomic E-state index is 5.61. The Kier molecular flexibility index (Phi) is 1.65. The first-order valence-corrected chi connectivity index (χ1v) is 4.94. The van der Waals surface area contributed by atoms with Crippen molar-refractivity contribution in [1.29, 1.82) is 0 Å². The molecule has 0 radical (unpaired) electrons. The summed E-state index contributed by atoms with van der Waals surface area (Å²) in [6.07, 6.45) is 0. The third-order valence-electron chi connectivity index (χ3n) is 2.39. The molecule has 1 aromatic carbocycles. The summed E-state index contributed by atoms with van der Waals surface area (Å²) in [6, 6.07) is 3.68. The second-order valence-corrected chi connectivity index (χ2v) is 3.88. The highest BCUT2D eigenvalue weighted by molar-refractivity contribution is 5.78. The van der Waals surface area contributed by atoms with Crippen LogP contribution in [0.25, 0.3) is 11.1 Å². The van der Waals surface area contributed by atoms with E-state index in [9.17, 15) is 0 Å². The van der Waals surface area contributed by atoms with Crippen molar-refractivity contribution in [1.82, 2.24) is 4.98 Å². The molecule has 0 bridgehead atoms. The monoisotopic (exact) mass is 205 g/mol. The van der Waals surface area contributed by atoms with Gasteiger partial charge in [0.1, 0.15) is 5.52 Å². The molecule has 1 aromatic heterocycles. The van der Waals surface area contributed by atoms with Crippen LogP contribution >= 0.6 is 0 Å². The van der Waals surface area contributed by atoms with Crippen LogP contribution in [0.1, 0.15) is 25.7 Å². The summed E-state index contributed by atoms with van der Waals surface area (Å²) >= 11 is 0. The van der Waals surface area contributed by atoms with Gasteiger partial charge in [0.25, 0.3) is 0 Å². The van der Waals surface area contributed by atoms with Gasteiger partial charge in [0.05, 0.1) is 0 Å². The van der Waals surface area contributed by atoms with Gasteiger partial charge in [0.2, 0.25) is 6.79 Å². The van der Waals surface area contributed by atoms with E-state index >= 15 is 0 Å². The Morgan fingerprint density at radius 3 is 2.67 bits per heavy atom. The van der Waals surface area contributed by atoms with Crippen LogP contribution in [0.4, 0.5) is 0 Å². The van der Waals surface area contributed by atoms with E-state index in [-0.39, 0.29) is 12.7 Å². The molecule has 1 aliphatic heterocycles. The highest BCUT2D eigenvalue weighted by atomic mass is 16.7. The summed E-state index contributed by atoms with van der Waals surface area (Å²) in [5, 5.41) is 0. The van der Waals surface area contributed by atoms with Gasteiger partial charge in [-0.15, -0.1) is 0 Å². The van der Waals surface area contributed by atoms with Crippen LogP contribution in [0.3, 0.4) is 0 Å². The Morgan fingerprint density at radius 2 is 1.93 bits per heavy atom. The minimum absolute atomic E-state index is 0.277. The SMILES string of the molecule is CC(C)c1nc2cc3c(cc2o1)OCO3. The van der Waals surface area contributed by atoms with Crippen LogP contribution < -0.4 is 9.47 Å². The van der Waals surface area contributed by atoms with Gasteiger partial charge in [0.15, 0.2) is 23.0 Å². The number of ether oxygens (including phenoxy) is 2. The Hall–Kier alpha value is -1.71. The predicted octanol–water partition coefficient (Wildman–Crippen LogP) is 2.68. The Bertz CT molecular complexity index is 475. The average Bonchev–Trinajstić information content (AvgIpc) is 2.77. The summed E-state index contributed by atoms with van der Waals surface area (Å²) in [6.45, 7) is 4.37. The average molecular weight is 205 g/mol. The summed E-state index contributed by atoms with van der Waals surface area (Å²) < 4.78 is 16.1. The van der Waals surface area contributed by atoms with Crippen molar-refractivity contribution in [2.75, 3.05) is 6.79 Å². The first-order chi connectivity index (χ1) is 7.24. The minimum atomic E-state index is 0.277. The van der Waals surface area contributed by atoms with Crippen LogP contribution in [0, 0.1) is 0 Å². The number of rotatable bonds is 1. The molecule has 0 fully saturated rings. The summed E-state index contributed by atoms with van der Waals surface area (Å²) in [5.41, 5.74) is 1.57. The van der Waals surface area contributed by atoms with Gasteiger partial charge in [-0.2, -0.15) is 0 Å². The smallest absolute Gasteiger partial charge is 0.231 e. The largest absolute Gasteiger partial charge is 0.454 e. The fraction of sp³-hybridized carbons (Fsp3) is 0.364.